The summed E-state index contributed by atoms with van der Waals surface area (Å²) in [5.41, 5.74) is 1.40. The second kappa shape index (κ2) is 6.29. The third kappa shape index (κ3) is 3.21. The van der Waals surface area contributed by atoms with Crippen molar-refractivity contribution in [2.75, 3.05) is 6.61 Å². The molecule has 0 aliphatic heterocycles. The van der Waals surface area contributed by atoms with Gasteiger partial charge in [0.2, 0.25) is 0 Å². The van der Waals surface area contributed by atoms with Gasteiger partial charge in [0.25, 0.3) is 5.91 Å². The molecule has 0 fully saturated rings. The first-order valence-corrected chi connectivity index (χ1v) is 6.57. The number of aryl methyl sites for hydroxylation is 1. The van der Waals surface area contributed by atoms with Crippen LogP contribution in [0.5, 0.6) is 0 Å². The average molecular weight is 274 g/mol. The monoisotopic (exact) mass is 274 g/mol. The molecule has 1 aromatic heterocycles. The summed E-state index contributed by atoms with van der Waals surface area (Å²) in [6.07, 6.45) is 0.798. The van der Waals surface area contributed by atoms with Crippen molar-refractivity contribution in [3.8, 4) is 11.4 Å². The van der Waals surface area contributed by atoms with Crippen molar-refractivity contribution in [2.45, 2.75) is 26.3 Å². The molecule has 3 N–H and O–H groups in total. The van der Waals surface area contributed by atoms with Gasteiger partial charge in [0.05, 0.1) is 6.61 Å². The summed E-state index contributed by atoms with van der Waals surface area (Å²) < 4.78 is 0. The highest BCUT2D eigenvalue weighted by Crippen LogP contribution is 2.15. The number of aromatic amines is 1. The smallest absolute Gasteiger partial charge is 0.251 e. The number of nitrogens with one attached hydrogen (secondary N) is 2. The molecule has 20 heavy (non-hydrogen) atoms. The summed E-state index contributed by atoms with van der Waals surface area (Å²) in [5, 5.41) is 18.6. The Morgan fingerprint density at radius 1 is 1.40 bits per heavy atom. The van der Waals surface area contributed by atoms with E-state index in [1.165, 1.54) is 0 Å². The van der Waals surface area contributed by atoms with Gasteiger partial charge in [0.1, 0.15) is 5.82 Å². The van der Waals surface area contributed by atoms with Gasteiger partial charge >= 0.3 is 0 Å². The van der Waals surface area contributed by atoms with Gasteiger partial charge in [-0.25, -0.2) is 4.98 Å². The molecular weight excluding hydrogens is 256 g/mol. The van der Waals surface area contributed by atoms with E-state index in [0.29, 0.717) is 11.4 Å². The van der Waals surface area contributed by atoms with Gasteiger partial charge in [0.15, 0.2) is 5.82 Å². The second-order valence-electron chi connectivity index (χ2n) is 4.59. The summed E-state index contributed by atoms with van der Waals surface area (Å²) in [6.45, 7) is 3.66. The van der Waals surface area contributed by atoms with E-state index in [1.54, 1.807) is 31.2 Å². The Balaban J connectivity index is 2.11. The Morgan fingerprint density at radius 3 is 2.65 bits per heavy atom. The molecule has 1 heterocycles. The minimum atomic E-state index is -0.262. The second-order valence-corrected chi connectivity index (χ2v) is 4.59. The van der Waals surface area contributed by atoms with Gasteiger partial charge in [-0.3, -0.25) is 9.89 Å². The maximum absolute atomic E-state index is 11.9. The van der Waals surface area contributed by atoms with Crippen LogP contribution in [0.1, 0.15) is 30.0 Å². The van der Waals surface area contributed by atoms with Gasteiger partial charge in [-0.1, -0.05) is 19.1 Å². The van der Waals surface area contributed by atoms with Gasteiger partial charge < -0.3 is 10.4 Å². The van der Waals surface area contributed by atoms with Crippen LogP contribution >= 0.6 is 0 Å². The van der Waals surface area contributed by atoms with Gasteiger partial charge in [0, 0.05) is 23.6 Å². The van der Waals surface area contributed by atoms with Crippen LogP contribution in [-0.2, 0) is 6.42 Å². The maximum atomic E-state index is 11.9. The van der Waals surface area contributed by atoms with Gasteiger partial charge in [-0.05, 0) is 19.1 Å². The fraction of sp³-hybridized carbons (Fsp3) is 0.357. The first-order valence-electron chi connectivity index (χ1n) is 6.57. The van der Waals surface area contributed by atoms with E-state index in [9.17, 15) is 4.79 Å². The topological polar surface area (TPSA) is 90.9 Å². The summed E-state index contributed by atoms with van der Waals surface area (Å²) in [6, 6.07) is 6.79. The Labute approximate surface area is 117 Å². The number of aliphatic hydroxyl groups is 1. The maximum Gasteiger partial charge on any atom is 0.251 e. The largest absolute Gasteiger partial charge is 0.394 e. The minimum Gasteiger partial charge on any atom is -0.394 e. The van der Waals surface area contributed by atoms with Gasteiger partial charge in [-0.2, -0.15) is 5.10 Å². The molecule has 1 atom stereocenters. The molecular formula is C14H18N4O2. The summed E-state index contributed by atoms with van der Waals surface area (Å²) in [5.74, 6) is 1.25. The van der Waals surface area contributed by atoms with Crippen LogP contribution in [-0.4, -0.2) is 38.8 Å². The van der Waals surface area contributed by atoms with Gasteiger partial charge in [-0.15, -0.1) is 0 Å². The molecule has 6 nitrogen and oxygen atoms in total. The predicted octanol–water partition coefficient (Wildman–Crippen LogP) is 1.14. The van der Waals surface area contributed by atoms with E-state index in [-0.39, 0.29) is 18.6 Å². The molecule has 1 amide bonds. The molecule has 0 radical (unpaired) electrons. The van der Waals surface area contributed by atoms with Crippen molar-refractivity contribution < 1.29 is 9.90 Å². The molecule has 0 bridgehead atoms. The van der Waals surface area contributed by atoms with Crippen LogP contribution in [0, 0.1) is 0 Å². The number of rotatable bonds is 5. The Morgan fingerprint density at radius 2 is 2.10 bits per heavy atom. The van der Waals surface area contributed by atoms with Crippen molar-refractivity contribution in [3.63, 3.8) is 0 Å². The molecule has 0 spiro atoms. The average Bonchev–Trinajstić information content (AvgIpc) is 2.96. The Kier molecular flexibility index (Phi) is 4.47. The number of hydrogen-bond acceptors (Lipinski definition) is 4. The van der Waals surface area contributed by atoms with Crippen LogP contribution in [0.4, 0.5) is 0 Å². The van der Waals surface area contributed by atoms with Crippen LogP contribution in [0.2, 0.25) is 0 Å². The first-order chi connectivity index (χ1) is 9.63. The standard InChI is InChI=1S/C14H18N4O2/c1-3-12-16-13(18-17-12)10-4-6-11(7-5-10)14(20)15-9(2)8-19/h4-7,9,19H,3,8H2,1-2H3,(H,15,20)(H,16,17,18). The highest BCUT2D eigenvalue weighted by Gasteiger charge is 2.10. The molecule has 6 heteroatoms. The molecule has 1 unspecified atom stereocenters. The highest BCUT2D eigenvalue weighted by molar-refractivity contribution is 5.94. The molecule has 0 aliphatic rings. The molecule has 1 aromatic carbocycles. The number of hydrogen-bond donors (Lipinski definition) is 3. The van der Waals surface area contributed by atoms with Crippen molar-refractivity contribution in [2.24, 2.45) is 0 Å². The summed E-state index contributed by atoms with van der Waals surface area (Å²) in [7, 11) is 0. The van der Waals surface area contributed by atoms with E-state index in [4.69, 9.17) is 5.11 Å². The van der Waals surface area contributed by atoms with Crippen molar-refractivity contribution in [1.29, 1.82) is 0 Å². The van der Waals surface area contributed by atoms with E-state index < -0.39 is 0 Å². The Hall–Kier alpha value is -2.21. The van der Waals surface area contributed by atoms with Crippen molar-refractivity contribution in [3.05, 3.63) is 35.7 Å². The fourth-order valence-corrected chi connectivity index (χ4v) is 1.71. The summed E-state index contributed by atoms with van der Waals surface area (Å²) >= 11 is 0. The molecule has 0 saturated heterocycles. The molecule has 2 rings (SSSR count). The lowest BCUT2D eigenvalue weighted by Gasteiger charge is -2.10. The third-order valence-electron chi connectivity index (χ3n) is 2.92. The van der Waals surface area contributed by atoms with E-state index >= 15 is 0 Å². The summed E-state index contributed by atoms with van der Waals surface area (Å²) in [4.78, 5) is 16.2. The zero-order valence-electron chi connectivity index (χ0n) is 11.6. The molecule has 106 valence electrons. The lowest BCUT2D eigenvalue weighted by atomic mass is 10.1. The van der Waals surface area contributed by atoms with E-state index in [1.807, 2.05) is 6.92 Å². The van der Waals surface area contributed by atoms with Crippen LogP contribution in [0.25, 0.3) is 11.4 Å². The first kappa shape index (κ1) is 14.2. The number of aliphatic hydroxyl groups excluding tert-OH is 1. The zero-order valence-corrected chi connectivity index (χ0v) is 11.6. The minimum absolute atomic E-state index is 0.0825. The number of H-pyrrole nitrogens is 1. The number of carbonyl (C=O) groups excluding carboxylic acids is 1. The number of amides is 1. The normalized spacial score (nSPS) is 12.2. The Bertz CT molecular complexity index is 577. The van der Waals surface area contributed by atoms with E-state index in [2.05, 4.69) is 20.5 Å². The predicted molar refractivity (Wildman–Crippen MR) is 75.2 cm³/mol. The van der Waals surface area contributed by atoms with Crippen LogP contribution < -0.4 is 5.32 Å². The fourth-order valence-electron chi connectivity index (χ4n) is 1.71. The van der Waals surface area contributed by atoms with Crippen molar-refractivity contribution >= 4 is 5.91 Å². The lowest BCUT2D eigenvalue weighted by molar-refractivity contribution is 0.0922. The number of nitrogens with zero attached hydrogens (tertiary/aromatic N) is 2. The SMILES string of the molecule is CCc1nc(-c2ccc(C(=O)NC(C)CO)cc2)n[nH]1. The number of benzene rings is 1. The van der Waals surface area contributed by atoms with Crippen LogP contribution in [0.15, 0.2) is 24.3 Å². The van der Waals surface area contributed by atoms with Crippen LogP contribution in [0.3, 0.4) is 0 Å². The quantitative estimate of drug-likeness (QED) is 0.762. The highest BCUT2D eigenvalue weighted by atomic mass is 16.3. The molecule has 0 aliphatic carbocycles. The number of aromatic nitrogens is 3. The lowest BCUT2D eigenvalue weighted by Crippen LogP contribution is -2.34. The van der Waals surface area contributed by atoms with E-state index in [0.717, 1.165) is 17.8 Å². The van der Waals surface area contributed by atoms with Crippen molar-refractivity contribution in [1.82, 2.24) is 20.5 Å². The molecule has 0 saturated carbocycles. The zero-order chi connectivity index (χ0) is 14.5. The number of carbonyl (C=O) groups is 1. The third-order valence-corrected chi connectivity index (χ3v) is 2.92. The molecule has 2 aromatic rings.